The number of aromatic nitrogens is 4. The van der Waals surface area contributed by atoms with Crippen LogP contribution in [0.15, 0.2) is 41.4 Å². The predicted molar refractivity (Wildman–Crippen MR) is 99.3 cm³/mol. The molecule has 2 N–H and O–H groups in total. The summed E-state index contributed by atoms with van der Waals surface area (Å²) >= 11 is 0.860. The highest BCUT2D eigenvalue weighted by molar-refractivity contribution is 8.18. The lowest BCUT2D eigenvalue weighted by Crippen LogP contribution is -2.20. The number of H-pyrrole nitrogens is 1. The van der Waals surface area contributed by atoms with Crippen LogP contribution >= 0.6 is 11.8 Å². The van der Waals surface area contributed by atoms with Crippen molar-refractivity contribution in [1.29, 1.82) is 0 Å². The molecule has 0 unspecified atom stereocenters. The Balaban J connectivity index is 1.54. The molecule has 4 rings (SSSR count). The van der Waals surface area contributed by atoms with Gasteiger partial charge in [0, 0.05) is 13.2 Å². The number of carbonyl (C=O) groups is 2. The Kier molecular flexibility index (Phi) is 4.13. The Morgan fingerprint density at radius 1 is 1.19 bits per heavy atom. The SMILES string of the molecule is CN(Cc1nc2ccccc2[nH]1)c1nccc(/C=C2/SC(=O)NC2=O)n1. The highest BCUT2D eigenvalue weighted by Gasteiger charge is 2.25. The molecule has 0 spiro atoms. The summed E-state index contributed by atoms with van der Waals surface area (Å²) < 4.78 is 0. The number of fused-ring (bicyclic) bond motifs is 1. The van der Waals surface area contributed by atoms with Crippen LogP contribution in [0.4, 0.5) is 10.7 Å². The van der Waals surface area contributed by atoms with Crippen LogP contribution < -0.4 is 10.2 Å². The maximum absolute atomic E-state index is 11.6. The fourth-order valence-electron chi connectivity index (χ4n) is 2.56. The fraction of sp³-hybridized carbons (Fsp3) is 0.118. The number of imidazole rings is 1. The number of amides is 2. The molecule has 130 valence electrons. The number of nitrogens with zero attached hydrogens (tertiary/aromatic N) is 4. The number of carbonyl (C=O) groups excluding carboxylic acids is 2. The lowest BCUT2D eigenvalue weighted by Gasteiger charge is -2.15. The summed E-state index contributed by atoms with van der Waals surface area (Å²) in [6.07, 6.45) is 3.19. The van der Waals surface area contributed by atoms with E-state index in [1.807, 2.05) is 36.2 Å². The van der Waals surface area contributed by atoms with Gasteiger partial charge in [-0.05, 0) is 36.0 Å². The first-order valence-electron chi connectivity index (χ1n) is 7.81. The second-order valence-electron chi connectivity index (χ2n) is 5.69. The first-order valence-corrected chi connectivity index (χ1v) is 8.63. The van der Waals surface area contributed by atoms with E-state index in [1.54, 1.807) is 18.3 Å². The van der Waals surface area contributed by atoms with Crippen LogP contribution in [0.1, 0.15) is 11.5 Å². The summed E-state index contributed by atoms with van der Waals surface area (Å²) in [7, 11) is 1.86. The van der Waals surface area contributed by atoms with Gasteiger partial charge in [-0.3, -0.25) is 14.9 Å². The van der Waals surface area contributed by atoms with E-state index in [-0.39, 0.29) is 5.24 Å². The second-order valence-corrected chi connectivity index (χ2v) is 6.71. The molecule has 26 heavy (non-hydrogen) atoms. The number of hydrogen-bond donors (Lipinski definition) is 2. The minimum absolute atomic E-state index is 0.319. The van der Waals surface area contributed by atoms with Crippen molar-refractivity contribution in [3.05, 3.63) is 53.0 Å². The molecule has 2 amide bonds. The maximum Gasteiger partial charge on any atom is 0.290 e. The lowest BCUT2D eigenvalue weighted by atomic mass is 10.3. The number of hydrogen-bond acceptors (Lipinski definition) is 7. The minimum atomic E-state index is -0.407. The number of nitrogens with one attached hydrogen (secondary N) is 2. The van der Waals surface area contributed by atoms with Gasteiger partial charge in [-0.1, -0.05) is 12.1 Å². The first-order chi connectivity index (χ1) is 12.6. The third-order valence-corrected chi connectivity index (χ3v) is 4.56. The van der Waals surface area contributed by atoms with Crippen molar-refractivity contribution in [3.8, 4) is 0 Å². The molecule has 0 radical (unpaired) electrons. The average molecular weight is 366 g/mol. The van der Waals surface area contributed by atoms with Gasteiger partial charge in [-0.2, -0.15) is 0 Å². The molecule has 1 fully saturated rings. The van der Waals surface area contributed by atoms with Gasteiger partial charge in [-0.15, -0.1) is 0 Å². The van der Waals surface area contributed by atoms with Crippen LogP contribution in [0.5, 0.6) is 0 Å². The van der Waals surface area contributed by atoms with E-state index in [4.69, 9.17) is 0 Å². The second kappa shape index (κ2) is 6.60. The zero-order chi connectivity index (χ0) is 18.1. The van der Waals surface area contributed by atoms with E-state index in [0.29, 0.717) is 23.1 Å². The van der Waals surface area contributed by atoms with E-state index >= 15 is 0 Å². The zero-order valence-electron chi connectivity index (χ0n) is 13.8. The number of benzene rings is 1. The van der Waals surface area contributed by atoms with E-state index in [2.05, 4.69) is 25.3 Å². The Bertz CT molecular complexity index is 1010. The molecular weight excluding hydrogens is 352 g/mol. The van der Waals surface area contributed by atoms with Crippen LogP contribution in [0.25, 0.3) is 17.1 Å². The van der Waals surface area contributed by atoms with Gasteiger partial charge in [0.05, 0.1) is 28.2 Å². The average Bonchev–Trinajstić information content (AvgIpc) is 3.17. The molecule has 2 aromatic heterocycles. The van der Waals surface area contributed by atoms with Crippen LogP contribution in [0, 0.1) is 0 Å². The molecule has 9 heteroatoms. The molecule has 3 aromatic rings. The summed E-state index contributed by atoms with van der Waals surface area (Å²) in [5.41, 5.74) is 2.44. The van der Waals surface area contributed by atoms with Crippen LogP contribution in [0.3, 0.4) is 0 Å². The van der Waals surface area contributed by atoms with Crippen molar-refractivity contribution in [2.45, 2.75) is 6.54 Å². The van der Waals surface area contributed by atoms with Crippen LogP contribution in [0.2, 0.25) is 0 Å². The summed E-state index contributed by atoms with van der Waals surface area (Å²) in [5, 5.41) is 1.84. The van der Waals surface area contributed by atoms with Crippen LogP contribution in [-0.4, -0.2) is 38.1 Å². The molecule has 1 aliphatic rings. The minimum Gasteiger partial charge on any atom is -0.340 e. The highest BCUT2D eigenvalue weighted by Crippen LogP contribution is 2.25. The van der Waals surface area contributed by atoms with Gasteiger partial charge in [0.2, 0.25) is 5.95 Å². The van der Waals surface area contributed by atoms with Crippen molar-refractivity contribution in [2.24, 2.45) is 0 Å². The molecule has 3 heterocycles. The fourth-order valence-corrected chi connectivity index (χ4v) is 3.22. The lowest BCUT2D eigenvalue weighted by molar-refractivity contribution is -0.115. The van der Waals surface area contributed by atoms with E-state index in [9.17, 15) is 9.59 Å². The Morgan fingerprint density at radius 2 is 2.04 bits per heavy atom. The van der Waals surface area contributed by atoms with Crippen molar-refractivity contribution in [3.63, 3.8) is 0 Å². The number of imide groups is 1. The smallest absolute Gasteiger partial charge is 0.290 e. The quantitative estimate of drug-likeness (QED) is 0.683. The van der Waals surface area contributed by atoms with Gasteiger partial charge < -0.3 is 9.88 Å². The van der Waals surface area contributed by atoms with E-state index in [1.165, 1.54) is 0 Å². The molecule has 1 aliphatic heterocycles. The number of thioether (sulfide) groups is 1. The topological polar surface area (TPSA) is 104 Å². The van der Waals surface area contributed by atoms with Gasteiger partial charge in [0.15, 0.2) is 0 Å². The molecule has 0 atom stereocenters. The highest BCUT2D eigenvalue weighted by atomic mass is 32.2. The summed E-state index contributed by atoms with van der Waals surface area (Å²) in [6, 6.07) is 9.50. The molecule has 0 saturated carbocycles. The van der Waals surface area contributed by atoms with Crippen LogP contribution in [-0.2, 0) is 11.3 Å². The molecule has 1 aromatic carbocycles. The standard InChI is InChI=1S/C17H14N6O2S/c1-23(9-14-20-11-4-2-3-5-12(11)21-14)16-18-7-6-10(19-16)8-13-15(24)22-17(25)26-13/h2-8H,9H2,1H3,(H,20,21)(H,22,24,25)/b13-8+. The Hall–Kier alpha value is -3.20. The molecular formula is C17H14N6O2S. The largest absolute Gasteiger partial charge is 0.340 e. The molecule has 8 nitrogen and oxygen atoms in total. The van der Waals surface area contributed by atoms with Crippen molar-refractivity contribution < 1.29 is 9.59 Å². The van der Waals surface area contributed by atoms with E-state index < -0.39 is 5.91 Å². The first kappa shape index (κ1) is 16.3. The van der Waals surface area contributed by atoms with Gasteiger partial charge in [0.1, 0.15) is 5.82 Å². The van der Waals surface area contributed by atoms with Crippen molar-refractivity contribution in [1.82, 2.24) is 25.3 Å². The third kappa shape index (κ3) is 3.29. The Labute approximate surface area is 152 Å². The summed E-state index contributed by atoms with van der Waals surface area (Å²) in [4.78, 5) is 41.6. The van der Waals surface area contributed by atoms with Crippen molar-refractivity contribution >= 4 is 46.0 Å². The van der Waals surface area contributed by atoms with Gasteiger partial charge >= 0.3 is 0 Å². The monoisotopic (exact) mass is 366 g/mol. The molecule has 0 bridgehead atoms. The predicted octanol–water partition coefficient (Wildman–Crippen LogP) is 2.31. The number of para-hydroxylation sites is 2. The third-order valence-electron chi connectivity index (χ3n) is 3.75. The molecule has 0 aliphatic carbocycles. The van der Waals surface area contributed by atoms with Gasteiger partial charge in [0.25, 0.3) is 11.1 Å². The molecule has 1 saturated heterocycles. The zero-order valence-corrected chi connectivity index (χ0v) is 14.6. The Morgan fingerprint density at radius 3 is 2.81 bits per heavy atom. The van der Waals surface area contributed by atoms with Gasteiger partial charge in [-0.25, -0.2) is 15.0 Å². The van der Waals surface area contributed by atoms with E-state index in [0.717, 1.165) is 28.6 Å². The summed E-state index contributed by atoms with van der Waals surface area (Å²) in [6.45, 7) is 0.502. The normalized spacial score (nSPS) is 15.7. The number of aromatic amines is 1. The summed E-state index contributed by atoms with van der Waals surface area (Å²) in [5.74, 6) is 0.891. The van der Waals surface area contributed by atoms with Crippen molar-refractivity contribution in [2.75, 3.05) is 11.9 Å². The maximum atomic E-state index is 11.6. The number of anilines is 1. The number of rotatable bonds is 4.